The van der Waals surface area contributed by atoms with Gasteiger partial charge in [-0.2, -0.15) is 0 Å². The van der Waals surface area contributed by atoms with Gasteiger partial charge < -0.3 is 19.8 Å². The van der Waals surface area contributed by atoms with Crippen LogP contribution >= 0.6 is 11.6 Å². The number of nitrogens with zero attached hydrogens (tertiary/aromatic N) is 8. The first-order valence-corrected chi connectivity index (χ1v) is 14.9. The van der Waals surface area contributed by atoms with Gasteiger partial charge in [0.1, 0.15) is 18.7 Å². The van der Waals surface area contributed by atoms with E-state index in [0.29, 0.717) is 22.2 Å². The predicted molar refractivity (Wildman–Crippen MR) is 156 cm³/mol. The molecule has 3 heterocycles. The van der Waals surface area contributed by atoms with Crippen molar-refractivity contribution >= 4 is 33.3 Å². The molecule has 16 heteroatoms. The van der Waals surface area contributed by atoms with Gasteiger partial charge in [0.15, 0.2) is 5.75 Å². The van der Waals surface area contributed by atoms with Crippen LogP contribution in [0.2, 0.25) is 5.02 Å². The van der Waals surface area contributed by atoms with E-state index in [2.05, 4.69) is 40.4 Å². The minimum atomic E-state index is -3.73. The number of benzene rings is 2. The number of halogens is 1. The number of ether oxygens (including phenoxy) is 1. The van der Waals surface area contributed by atoms with E-state index in [-0.39, 0.29) is 23.6 Å². The first kappa shape index (κ1) is 29.6. The molecule has 0 aliphatic carbocycles. The molecule has 4 aromatic rings. The Morgan fingerprint density at radius 1 is 1.07 bits per heavy atom. The molecule has 1 aliphatic rings. The van der Waals surface area contributed by atoms with Gasteiger partial charge >= 0.3 is 0 Å². The SMILES string of the molecule is COc1ccc(S(=O)(=O)NC2CCN(C)CC2)cc1Nc1ncc(-c2ccc(Cl)c(ON(C)Cn3cnnn3)c2)cn1. The summed E-state index contributed by atoms with van der Waals surface area (Å²) in [4.78, 5) is 17.0. The molecular formula is C26H31ClN10O4S. The van der Waals surface area contributed by atoms with Gasteiger partial charge in [-0.05, 0) is 79.3 Å². The van der Waals surface area contributed by atoms with Crippen LogP contribution in [0.4, 0.5) is 11.6 Å². The molecule has 0 atom stereocenters. The Labute approximate surface area is 248 Å². The number of hydroxylamine groups is 2. The highest BCUT2D eigenvalue weighted by atomic mass is 35.5. The van der Waals surface area contributed by atoms with Crippen LogP contribution in [-0.2, 0) is 16.7 Å². The van der Waals surface area contributed by atoms with Gasteiger partial charge in [-0.1, -0.05) is 17.7 Å². The lowest BCUT2D eigenvalue weighted by molar-refractivity contribution is -0.0629. The van der Waals surface area contributed by atoms with E-state index in [4.69, 9.17) is 21.2 Å². The number of piperidine rings is 1. The molecule has 0 amide bonds. The summed E-state index contributed by atoms with van der Waals surface area (Å²) < 4.78 is 36.0. The highest BCUT2D eigenvalue weighted by Crippen LogP contribution is 2.32. The third kappa shape index (κ3) is 7.30. The zero-order valence-electron chi connectivity index (χ0n) is 23.3. The van der Waals surface area contributed by atoms with E-state index < -0.39 is 10.0 Å². The van der Waals surface area contributed by atoms with Crippen LogP contribution in [0.5, 0.6) is 11.5 Å². The fourth-order valence-corrected chi connectivity index (χ4v) is 5.91. The Morgan fingerprint density at radius 2 is 1.83 bits per heavy atom. The number of hydrogen-bond donors (Lipinski definition) is 2. The van der Waals surface area contributed by atoms with Crippen molar-refractivity contribution in [1.82, 2.24) is 44.9 Å². The van der Waals surface area contributed by atoms with Crippen LogP contribution in [0.1, 0.15) is 12.8 Å². The molecule has 42 heavy (non-hydrogen) atoms. The number of likely N-dealkylation sites (tertiary alicyclic amines) is 1. The molecular weight excluding hydrogens is 584 g/mol. The number of methoxy groups -OCH3 is 1. The molecule has 2 N–H and O–H groups in total. The molecule has 0 bridgehead atoms. The van der Waals surface area contributed by atoms with Crippen LogP contribution in [0.3, 0.4) is 0 Å². The minimum Gasteiger partial charge on any atom is -0.495 e. The average Bonchev–Trinajstić information content (AvgIpc) is 3.49. The van der Waals surface area contributed by atoms with Crippen molar-refractivity contribution in [3.63, 3.8) is 0 Å². The number of rotatable bonds is 11. The van der Waals surface area contributed by atoms with E-state index in [9.17, 15) is 8.42 Å². The normalized spacial score (nSPS) is 14.7. The fraction of sp³-hybridized carbons (Fsp3) is 0.346. The van der Waals surface area contributed by atoms with Crippen LogP contribution in [0, 0.1) is 0 Å². The summed E-state index contributed by atoms with van der Waals surface area (Å²) in [7, 11) is 1.54. The van der Waals surface area contributed by atoms with Crippen molar-refractivity contribution in [2.45, 2.75) is 30.4 Å². The highest BCUT2D eigenvalue weighted by molar-refractivity contribution is 7.89. The molecule has 5 rings (SSSR count). The van der Waals surface area contributed by atoms with Crippen molar-refractivity contribution in [3.05, 3.63) is 60.1 Å². The van der Waals surface area contributed by atoms with E-state index in [1.165, 1.54) is 35.3 Å². The summed E-state index contributed by atoms with van der Waals surface area (Å²) in [6.07, 6.45) is 6.28. The molecule has 1 saturated heterocycles. The summed E-state index contributed by atoms with van der Waals surface area (Å²) in [6, 6.07) is 9.86. The molecule has 0 saturated carbocycles. The predicted octanol–water partition coefficient (Wildman–Crippen LogP) is 2.79. The summed E-state index contributed by atoms with van der Waals surface area (Å²) in [5, 5.41) is 16.1. The first-order valence-electron chi connectivity index (χ1n) is 13.1. The number of tetrazole rings is 1. The van der Waals surface area contributed by atoms with Gasteiger partial charge in [0, 0.05) is 31.0 Å². The second kappa shape index (κ2) is 13.0. The van der Waals surface area contributed by atoms with Crippen molar-refractivity contribution in [2.75, 3.05) is 39.6 Å². The van der Waals surface area contributed by atoms with Gasteiger partial charge in [-0.25, -0.2) is 27.8 Å². The molecule has 0 unspecified atom stereocenters. The average molecular weight is 615 g/mol. The summed E-state index contributed by atoms with van der Waals surface area (Å²) in [5.74, 6) is 1.15. The Balaban J connectivity index is 1.29. The van der Waals surface area contributed by atoms with Crippen molar-refractivity contribution in [1.29, 1.82) is 0 Å². The summed E-state index contributed by atoms with van der Waals surface area (Å²) in [5.41, 5.74) is 1.92. The monoisotopic (exact) mass is 614 g/mol. The van der Waals surface area contributed by atoms with E-state index in [1.807, 2.05) is 13.1 Å². The quantitative estimate of drug-likeness (QED) is 0.239. The third-order valence-electron chi connectivity index (χ3n) is 6.67. The maximum absolute atomic E-state index is 13.1. The standard InChI is InChI=1S/C26H31ClN10O4S/c1-35-10-8-20(9-11-35)32-42(38,39)21-5-7-24(40-3)23(13-21)31-26-28-14-19(15-29-26)18-4-6-22(27)25(12-18)41-36(2)17-37-16-30-33-34-37/h4-7,12-16,20,32H,8-11,17H2,1-3H3,(H,28,29,31). The maximum Gasteiger partial charge on any atom is 0.240 e. The molecule has 2 aromatic carbocycles. The van der Waals surface area contributed by atoms with Crippen molar-refractivity contribution in [2.24, 2.45) is 0 Å². The lowest BCUT2D eigenvalue weighted by atomic mass is 10.1. The van der Waals surface area contributed by atoms with E-state index in [1.54, 1.807) is 37.6 Å². The van der Waals surface area contributed by atoms with Crippen LogP contribution < -0.4 is 19.6 Å². The molecule has 0 radical (unpaired) electrons. The second-order valence-electron chi connectivity index (χ2n) is 9.84. The van der Waals surface area contributed by atoms with Gasteiger partial charge in [-0.15, -0.1) is 10.2 Å². The number of anilines is 2. The van der Waals surface area contributed by atoms with E-state index >= 15 is 0 Å². The van der Waals surface area contributed by atoms with Crippen LogP contribution in [0.25, 0.3) is 11.1 Å². The molecule has 1 aliphatic heterocycles. The largest absolute Gasteiger partial charge is 0.495 e. The zero-order chi connectivity index (χ0) is 29.7. The highest BCUT2D eigenvalue weighted by Gasteiger charge is 2.24. The maximum atomic E-state index is 13.1. The number of nitrogens with one attached hydrogen (secondary N) is 2. The fourth-order valence-electron chi connectivity index (χ4n) is 4.43. The smallest absolute Gasteiger partial charge is 0.240 e. The Bertz CT molecular complexity index is 1600. The Hall–Kier alpha value is -3.89. The number of hydrogen-bond acceptors (Lipinski definition) is 12. The molecule has 222 valence electrons. The van der Waals surface area contributed by atoms with Gasteiger partial charge in [0.2, 0.25) is 16.0 Å². The van der Waals surface area contributed by atoms with Gasteiger partial charge in [0.05, 0.1) is 22.7 Å². The van der Waals surface area contributed by atoms with Gasteiger partial charge in [-0.3, -0.25) is 0 Å². The Morgan fingerprint density at radius 3 is 2.52 bits per heavy atom. The molecule has 14 nitrogen and oxygen atoms in total. The van der Waals surface area contributed by atoms with E-state index in [0.717, 1.165) is 37.1 Å². The van der Waals surface area contributed by atoms with Crippen molar-refractivity contribution < 1.29 is 18.0 Å². The lowest BCUT2D eigenvalue weighted by Gasteiger charge is -2.29. The Kier molecular flexibility index (Phi) is 9.13. The van der Waals surface area contributed by atoms with Crippen LogP contribution in [0.15, 0.2) is 60.0 Å². The summed E-state index contributed by atoms with van der Waals surface area (Å²) >= 11 is 6.36. The van der Waals surface area contributed by atoms with Crippen LogP contribution in [-0.4, -0.2) is 88.9 Å². The van der Waals surface area contributed by atoms with Gasteiger partial charge in [0.25, 0.3) is 0 Å². The first-order chi connectivity index (χ1) is 20.2. The minimum absolute atomic E-state index is 0.106. The molecule has 0 spiro atoms. The topological polar surface area (TPSA) is 153 Å². The molecule has 2 aromatic heterocycles. The molecule has 1 fully saturated rings. The van der Waals surface area contributed by atoms with Crippen molar-refractivity contribution in [3.8, 4) is 22.6 Å². The summed E-state index contributed by atoms with van der Waals surface area (Å²) in [6.45, 7) is 1.98. The number of aromatic nitrogens is 6. The second-order valence-corrected chi connectivity index (χ2v) is 12.0. The zero-order valence-corrected chi connectivity index (χ0v) is 24.9. The lowest BCUT2D eigenvalue weighted by Crippen LogP contribution is -2.43. The number of sulfonamides is 1. The third-order valence-corrected chi connectivity index (χ3v) is 8.50.